The maximum Gasteiger partial charge on any atom is 0.283 e. The quantitative estimate of drug-likeness (QED) is 0.633. The lowest BCUT2D eigenvalue weighted by atomic mass is 10.2. The minimum Gasteiger partial charge on any atom is -0.335 e. The van der Waals surface area contributed by atoms with Gasteiger partial charge in [-0.3, -0.25) is 19.8 Å². The first-order valence-corrected chi connectivity index (χ1v) is 7.50. The van der Waals surface area contributed by atoms with Crippen molar-refractivity contribution in [3.63, 3.8) is 0 Å². The van der Waals surface area contributed by atoms with Crippen molar-refractivity contribution in [3.05, 3.63) is 25.9 Å². The van der Waals surface area contributed by atoms with Crippen LogP contribution in [0.2, 0.25) is 0 Å². The van der Waals surface area contributed by atoms with Crippen LogP contribution >= 0.6 is 11.3 Å². The molecule has 0 unspecified atom stereocenters. The third-order valence-electron chi connectivity index (χ3n) is 3.63. The molecule has 110 valence electrons. The Hall–Kier alpha value is -1.47. The van der Waals surface area contributed by atoms with E-state index in [-0.39, 0.29) is 11.6 Å². The molecule has 1 fully saturated rings. The molecule has 0 spiro atoms. The Kier molecular flexibility index (Phi) is 4.39. The molecule has 1 aliphatic heterocycles. The largest absolute Gasteiger partial charge is 0.335 e. The molecule has 1 aromatic heterocycles. The molecule has 1 saturated heterocycles. The highest BCUT2D eigenvalue weighted by Gasteiger charge is 2.26. The highest BCUT2D eigenvalue weighted by Crippen LogP contribution is 2.29. The molecule has 7 heteroatoms. The van der Waals surface area contributed by atoms with Crippen molar-refractivity contribution in [2.45, 2.75) is 26.8 Å². The van der Waals surface area contributed by atoms with E-state index < -0.39 is 4.92 Å². The van der Waals surface area contributed by atoms with Crippen LogP contribution in [0.5, 0.6) is 0 Å². The average Bonchev–Trinajstić information content (AvgIpc) is 2.80. The molecule has 1 amide bonds. The lowest BCUT2D eigenvalue weighted by Gasteiger charge is -2.36. The van der Waals surface area contributed by atoms with E-state index in [2.05, 4.69) is 18.7 Å². The van der Waals surface area contributed by atoms with Gasteiger partial charge in [-0.1, -0.05) is 0 Å². The number of thiophene rings is 1. The Balaban J connectivity index is 2.06. The van der Waals surface area contributed by atoms with E-state index in [4.69, 9.17) is 0 Å². The molecule has 1 aliphatic rings. The van der Waals surface area contributed by atoms with E-state index in [1.54, 1.807) is 11.8 Å². The van der Waals surface area contributed by atoms with Crippen LogP contribution in [0.15, 0.2) is 6.07 Å². The maximum atomic E-state index is 12.4. The van der Waals surface area contributed by atoms with Crippen molar-refractivity contribution < 1.29 is 9.72 Å². The zero-order valence-electron chi connectivity index (χ0n) is 12.0. The summed E-state index contributed by atoms with van der Waals surface area (Å²) in [6, 6.07) is 1.88. The van der Waals surface area contributed by atoms with Gasteiger partial charge in [0, 0.05) is 38.3 Å². The summed E-state index contributed by atoms with van der Waals surface area (Å²) in [5, 5.41) is 10.8. The summed E-state index contributed by atoms with van der Waals surface area (Å²) in [4.78, 5) is 27.9. The molecule has 0 N–H and O–H groups in total. The van der Waals surface area contributed by atoms with Crippen LogP contribution < -0.4 is 0 Å². The van der Waals surface area contributed by atoms with E-state index in [9.17, 15) is 14.9 Å². The minimum atomic E-state index is -0.431. The number of carbonyl (C=O) groups is 1. The van der Waals surface area contributed by atoms with E-state index in [1.807, 2.05) is 0 Å². The first-order valence-electron chi connectivity index (χ1n) is 6.68. The number of hydrogen-bond donors (Lipinski definition) is 0. The molecule has 0 saturated carbocycles. The molecule has 0 atom stereocenters. The molecule has 0 radical (unpaired) electrons. The zero-order chi connectivity index (χ0) is 14.9. The average molecular weight is 297 g/mol. The molecule has 0 aromatic carbocycles. The fourth-order valence-corrected chi connectivity index (χ4v) is 3.31. The molecule has 6 nitrogen and oxygen atoms in total. The van der Waals surface area contributed by atoms with E-state index >= 15 is 0 Å². The van der Waals surface area contributed by atoms with Crippen molar-refractivity contribution in [2.75, 3.05) is 26.2 Å². The SMILES string of the molecule is Cc1sc(C(=O)N2CCN(C(C)C)CC2)cc1[N+](=O)[O-]. The third kappa shape index (κ3) is 2.99. The molecule has 2 rings (SSSR count). The first-order chi connectivity index (χ1) is 9.40. The van der Waals surface area contributed by atoms with Crippen LogP contribution in [0.4, 0.5) is 5.69 Å². The summed E-state index contributed by atoms with van der Waals surface area (Å²) in [5.41, 5.74) is 0.0409. The number of carbonyl (C=O) groups excluding carboxylic acids is 1. The summed E-state index contributed by atoms with van der Waals surface area (Å²) in [5.74, 6) is -0.0883. The van der Waals surface area contributed by atoms with Gasteiger partial charge in [-0.15, -0.1) is 11.3 Å². The summed E-state index contributed by atoms with van der Waals surface area (Å²) < 4.78 is 0. The van der Waals surface area contributed by atoms with Crippen molar-refractivity contribution >= 4 is 22.9 Å². The second-order valence-corrected chi connectivity index (χ2v) is 6.49. The zero-order valence-corrected chi connectivity index (χ0v) is 12.8. The Morgan fingerprint density at radius 1 is 1.35 bits per heavy atom. The van der Waals surface area contributed by atoms with Gasteiger partial charge < -0.3 is 4.90 Å². The third-order valence-corrected chi connectivity index (χ3v) is 4.66. The Morgan fingerprint density at radius 3 is 2.40 bits per heavy atom. The monoisotopic (exact) mass is 297 g/mol. The number of nitro groups is 1. The summed E-state index contributed by atoms with van der Waals surface area (Å²) >= 11 is 1.21. The predicted octanol–water partition coefficient (Wildman–Crippen LogP) is 2.13. The van der Waals surface area contributed by atoms with Gasteiger partial charge in [0.1, 0.15) is 0 Å². The van der Waals surface area contributed by atoms with Crippen LogP contribution in [-0.2, 0) is 0 Å². The summed E-state index contributed by atoms with van der Waals surface area (Å²) in [6.07, 6.45) is 0. The smallest absolute Gasteiger partial charge is 0.283 e. The van der Waals surface area contributed by atoms with Crippen LogP contribution in [0.3, 0.4) is 0 Å². The highest BCUT2D eigenvalue weighted by molar-refractivity contribution is 7.14. The van der Waals surface area contributed by atoms with E-state index in [0.29, 0.717) is 28.9 Å². The Labute approximate surface area is 122 Å². The lowest BCUT2D eigenvalue weighted by Crippen LogP contribution is -2.50. The van der Waals surface area contributed by atoms with Crippen LogP contribution in [-0.4, -0.2) is 52.9 Å². The van der Waals surface area contributed by atoms with Crippen molar-refractivity contribution in [1.29, 1.82) is 0 Å². The number of rotatable bonds is 3. The van der Waals surface area contributed by atoms with Crippen molar-refractivity contribution in [1.82, 2.24) is 9.80 Å². The van der Waals surface area contributed by atoms with Crippen molar-refractivity contribution in [3.8, 4) is 0 Å². The number of piperazine rings is 1. The molecule has 20 heavy (non-hydrogen) atoms. The normalized spacial score (nSPS) is 16.7. The maximum absolute atomic E-state index is 12.4. The predicted molar refractivity (Wildman–Crippen MR) is 78.3 cm³/mol. The van der Waals surface area contributed by atoms with E-state index in [1.165, 1.54) is 17.4 Å². The van der Waals surface area contributed by atoms with Gasteiger partial charge in [0.2, 0.25) is 0 Å². The van der Waals surface area contributed by atoms with Gasteiger partial charge in [0.15, 0.2) is 0 Å². The first kappa shape index (κ1) is 14.9. The number of aryl methyl sites for hydroxylation is 1. The second-order valence-electron chi connectivity index (χ2n) is 5.23. The Morgan fingerprint density at radius 2 is 1.95 bits per heavy atom. The highest BCUT2D eigenvalue weighted by atomic mass is 32.1. The van der Waals surface area contributed by atoms with Gasteiger partial charge in [-0.05, 0) is 20.8 Å². The van der Waals surface area contributed by atoms with Gasteiger partial charge in [0.05, 0.1) is 14.7 Å². The Bertz CT molecular complexity index is 519. The number of amides is 1. The summed E-state index contributed by atoms with van der Waals surface area (Å²) in [6.45, 7) is 9.04. The molecule has 0 bridgehead atoms. The number of nitrogens with zero attached hydrogens (tertiary/aromatic N) is 3. The summed E-state index contributed by atoms with van der Waals surface area (Å²) in [7, 11) is 0. The molecule has 0 aliphatic carbocycles. The standard InChI is InChI=1S/C13H19N3O3S/c1-9(2)14-4-6-15(7-5-14)13(17)12-8-11(16(18)19)10(3)20-12/h8-9H,4-7H2,1-3H3. The van der Waals surface area contributed by atoms with Gasteiger partial charge in [0.25, 0.3) is 11.6 Å². The topological polar surface area (TPSA) is 66.7 Å². The van der Waals surface area contributed by atoms with Crippen LogP contribution in [0.25, 0.3) is 0 Å². The van der Waals surface area contributed by atoms with Crippen LogP contribution in [0.1, 0.15) is 28.4 Å². The lowest BCUT2D eigenvalue weighted by molar-refractivity contribution is -0.385. The van der Waals surface area contributed by atoms with Gasteiger partial charge in [-0.25, -0.2) is 0 Å². The number of hydrogen-bond acceptors (Lipinski definition) is 5. The van der Waals surface area contributed by atoms with Crippen LogP contribution in [0, 0.1) is 17.0 Å². The fourth-order valence-electron chi connectivity index (χ4n) is 2.36. The molecule has 1 aromatic rings. The minimum absolute atomic E-state index is 0.0409. The molecule has 2 heterocycles. The fraction of sp³-hybridized carbons (Fsp3) is 0.615. The van der Waals surface area contributed by atoms with Gasteiger partial charge >= 0.3 is 0 Å². The molecular weight excluding hydrogens is 278 g/mol. The molecular formula is C13H19N3O3S. The van der Waals surface area contributed by atoms with Crippen molar-refractivity contribution in [2.24, 2.45) is 0 Å². The second kappa shape index (κ2) is 5.88. The van der Waals surface area contributed by atoms with E-state index in [0.717, 1.165) is 13.1 Å². The van der Waals surface area contributed by atoms with Gasteiger partial charge in [-0.2, -0.15) is 0 Å².